The molecule has 222 valence electrons. The fourth-order valence-corrected chi connectivity index (χ4v) is 6.17. The molecule has 1 aromatic rings. The molecule has 2 heterocycles. The van der Waals surface area contributed by atoms with Crippen molar-refractivity contribution < 1.29 is 46.5 Å². The molecular weight excluding hydrogens is 570 g/mol. The molecule has 2 fully saturated rings. The van der Waals surface area contributed by atoms with Gasteiger partial charge in [0, 0.05) is 5.38 Å². The average molecular weight is 604 g/mol. The van der Waals surface area contributed by atoms with Gasteiger partial charge in [0.25, 0.3) is 11.8 Å². The maximum atomic E-state index is 13.1. The molecule has 2 atom stereocenters. The van der Waals surface area contributed by atoms with E-state index in [4.69, 9.17) is 19.5 Å². The lowest BCUT2D eigenvalue weighted by Crippen LogP contribution is -2.71. The molecule has 40 heavy (non-hydrogen) atoms. The molecule has 4 N–H and O–H groups in total. The van der Waals surface area contributed by atoms with Crippen molar-refractivity contribution >= 4 is 56.2 Å². The number of carbonyl (C=O) groups excluding carboxylic acids is 3. The van der Waals surface area contributed by atoms with Crippen molar-refractivity contribution in [3.8, 4) is 0 Å². The first kappa shape index (κ1) is 31.2. The number of aliphatic carboxylic acids is 1. The van der Waals surface area contributed by atoms with Crippen molar-refractivity contribution in [2.45, 2.75) is 77.5 Å². The molecule has 1 saturated carbocycles. The number of nitrogen functional groups attached to an aromatic ring is 1. The number of ether oxygens (including phenoxy) is 1. The van der Waals surface area contributed by atoms with E-state index in [1.807, 2.05) is 0 Å². The number of thiazole rings is 1. The van der Waals surface area contributed by atoms with E-state index in [1.165, 1.54) is 26.2 Å². The molecule has 0 unspecified atom stereocenters. The Balaban J connectivity index is 1.73. The molecule has 1 aromatic heterocycles. The summed E-state index contributed by atoms with van der Waals surface area (Å²) in [7, 11) is -4.61. The number of aromatic nitrogens is 1. The summed E-state index contributed by atoms with van der Waals surface area (Å²) >= 11 is 0.985. The monoisotopic (exact) mass is 603 g/mol. The Bertz CT molecular complexity index is 1290. The van der Waals surface area contributed by atoms with Gasteiger partial charge in [-0.25, -0.2) is 14.1 Å². The first-order chi connectivity index (χ1) is 18.6. The van der Waals surface area contributed by atoms with Crippen LogP contribution in [0.4, 0.5) is 5.13 Å². The number of hydrogen-bond acceptors (Lipinski definition) is 13. The second kappa shape index (κ2) is 12.1. The first-order valence-corrected chi connectivity index (χ1v) is 14.8. The molecule has 3 rings (SSSR count). The third-order valence-corrected chi connectivity index (χ3v) is 8.81. The van der Waals surface area contributed by atoms with Crippen molar-refractivity contribution in [1.29, 1.82) is 0 Å². The summed E-state index contributed by atoms with van der Waals surface area (Å²) in [6, 6.07) is -2.34. The second-order valence-corrected chi connectivity index (χ2v) is 12.4. The summed E-state index contributed by atoms with van der Waals surface area (Å²) in [4.78, 5) is 58.9. The summed E-state index contributed by atoms with van der Waals surface area (Å²) in [5.74, 6) is -3.84. The van der Waals surface area contributed by atoms with Crippen molar-refractivity contribution in [1.82, 2.24) is 14.6 Å². The number of anilines is 1. The van der Waals surface area contributed by atoms with Crippen LogP contribution >= 0.6 is 11.3 Å². The molecule has 2 aliphatic rings. The highest BCUT2D eigenvalue weighted by molar-refractivity contribution is 7.85. The van der Waals surface area contributed by atoms with Gasteiger partial charge >= 0.3 is 22.2 Å². The summed E-state index contributed by atoms with van der Waals surface area (Å²) in [5, 5.41) is 16.8. The van der Waals surface area contributed by atoms with Gasteiger partial charge in [-0.3, -0.25) is 18.6 Å². The van der Waals surface area contributed by atoms with Crippen LogP contribution in [0, 0.1) is 5.41 Å². The van der Waals surface area contributed by atoms with Gasteiger partial charge < -0.3 is 25.7 Å². The summed E-state index contributed by atoms with van der Waals surface area (Å²) in [6.07, 6.45) is 3.10. The number of oxime groups is 1. The fourth-order valence-electron chi connectivity index (χ4n) is 4.27. The SMILES string of the molecule is CCOC(=O)C1(COS(=O)(=O)N2C(=O)[C@@H](NC(=O)C(=NOC(C)(C)C(=O)O)c3csc(N)n3)[C@@H]2C)CCCCC1. The average Bonchev–Trinajstić information content (AvgIpc) is 3.32. The molecule has 1 aliphatic heterocycles. The van der Waals surface area contributed by atoms with Crippen molar-refractivity contribution in [3.63, 3.8) is 0 Å². The number of nitrogens with zero attached hydrogens (tertiary/aromatic N) is 3. The van der Waals surface area contributed by atoms with Gasteiger partial charge in [-0.1, -0.05) is 24.4 Å². The number of esters is 1. The zero-order valence-electron chi connectivity index (χ0n) is 22.5. The van der Waals surface area contributed by atoms with E-state index < -0.39 is 69.5 Å². The Morgan fingerprint density at radius 1 is 1.30 bits per heavy atom. The predicted octanol–water partition coefficient (Wildman–Crippen LogP) is 0.800. The second-order valence-electron chi connectivity index (χ2n) is 10.0. The number of β-lactam (4-membered cyclic amide) rings is 1. The largest absolute Gasteiger partial charge is 0.478 e. The van der Waals surface area contributed by atoms with E-state index in [1.54, 1.807) is 6.92 Å². The highest BCUT2D eigenvalue weighted by Gasteiger charge is 2.54. The van der Waals surface area contributed by atoms with Crippen LogP contribution in [0.3, 0.4) is 0 Å². The van der Waals surface area contributed by atoms with E-state index in [9.17, 15) is 32.7 Å². The third kappa shape index (κ3) is 6.52. The molecule has 0 spiro atoms. The lowest BCUT2D eigenvalue weighted by molar-refractivity contribution is -0.161. The Kier molecular flexibility index (Phi) is 9.41. The number of carbonyl (C=O) groups is 4. The zero-order chi connectivity index (χ0) is 29.9. The van der Waals surface area contributed by atoms with Crippen molar-refractivity contribution in [3.05, 3.63) is 11.1 Å². The highest BCUT2D eigenvalue weighted by Crippen LogP contribution is 2.39. The highest BCUT2D eigenvalue weighted by atomic mass is 32.2. The standard InChI is InChI=1S/C23H33N5O10S2/c1-5-36-20(33)23(9-7-6-8-10-23)12-37-40(34,35)28-13(2)15(18(28)30)26-17(29)16(14-11-39-21(24)25-14)27-38-22(3,4)19(31)32/h11,13,15H,5-10,12H2,1-4H3,(H2,24,25)(H,26,29)(H,31,32)/t13-,15-/m0/s1. The van der Waals surface area contributed by atoms with E-state index in [-0.39, 0.29) is 17.4 Å². The van der Waals surface area contributed by atoms with Crippen molar-refractivity contribution in [2.24, 2.45) is 10.6 Å². The quantitative estimate of drug-likeness (QED) is 0.131. The number of nitrogens with one attached hydrogen (secondary N) is 1. The van der Waals surface area contributed by atoms with Crippen LogP contribution in [-0.2, 0) is 43.2 Å². The van der Waals surface area contributed by atoms with Gasteiger partial charge in [-0.05, 0) is 40.5 Å². The smallest absolute Gasteiger partial charge is 0.365 e. The van der Waals surface area contributed by atoms with E-state index >= 15 is 0 Å². The minimum Gasteiger partial charge on any atom is -0.478 e. The van der Waals surface area contributed by atoms with Crippen LogP contribution in [0.1, 0.15) is 65.5 Å². The molecule has 0 aromatic carbocycles. The molecular formula is C23H33N5O10S2. The fraction of sp³-hybridized carbons (Fsp3) is 0.652. The number of rotatable bonds is 12. The van der Waals surface area contributed by atoms with Gasteiger partial charge in [-0.2, -0.15) is 8.42 Å². The number of carboxylic acid groups (broad SMARTS) is 1. The Hall–Kier alpha value is -3.31. The number of amides is 2. The van der Waals surface area contributed by atoms with Gasteiger partial charge in [0.1, 0.15) is 11.7 Å². The van der Waals surface area contributed by atoms with E-state index in [0.717, 1.165) is 17.8 Å². The molecule has 1 aliphatic carbocycles. The topological polar surface area (TPSA) is 217 Å². The summed E-state index contributed by atoms with van der Waals surface area (Å²) in [5.41, 5.74) is 2.21. The summed E-state index contributed by atoms with van der Waals surface area (Å²) < 4.78 is 36.8. The number of hydrogen-bond donors (Lipinski definition) is 3. The zero-order valence-corrected chi connectivity index (χ0v) is 24.2. The lowest BCUT2D eigenvalue weighted by Gasteiger charge is -2.43. The van der Waals surface area contributed by atoms with Gasteiger partial charge in [0.15, 0.2) is 10.8 Å². The molecule has 15 nitrogen and oxygen atoms in total. The van der Waals surface area contributed by atoms with Gasteiger partial charge in [0.05, 0.1) is 24.7 Å². The molecule has 17 heteroatoms. The van der Waals surface area contributed by atoms with E-state index in [2.05, 4.69) is 15.5 Å². The first-order valence-electron chi connectivity index (χ1n) is 12.6. The maximum Gasteiger partial charge on any atom is 0.365 e. The Morgan fingerprint density at radius 2 is 1.95 bits per heavy atom. The predicted molar refractivity (Wildman–Crippen MR) is 141 cm³/mol. The third-order valence-electron chi connectivity index (χ3n) is 6.73. The van der Waals surface area contributed by atoms with Crippen LogP contribution in [0.2, 0.25) is 0 Å². The minimum atomic E-state index is -4.61. The minimum absolute atomic E-state index is 0.0369. The van der Waals surface area contributed by atoms with Crippen molar-refractivity contribution in [2.75, 3.05) is 18.9 Å². The van der Waals surface area contributed by atoms with Gasteiger partial charge in [-0.15, -0.1) is 11.3 Å². The van der Waals surface area contributed by atoms with Crippen LogP contribution in [0.15, 0.2) is 10.5 Å². The van der Waals surface area contributed by atoms with Crippen LogP contribution in [0.5, 0.6) is 0 Å². The number of carboxylic acids is 1. The molecule has 1 saturated heterocycles. The Morgan fingerprint density at radius 3 is 2.48 bits per heavy atom. The summed E-state index contributed by atoms with van der Waals surface area (Å²) in [6.45, 7) is 5.12. The molecule has 2 amide bonds. The van der Waals surface area contributed by atoms with Gasteiger partial charge in [0.2, 0.25) is 5.60 Å². The number of nitrogens with two attached hydrogens (primary N) is 1. The molecule has 0 bridgehead atoms. The maximum absolute atomic E-state index is 13.1. The van der Waals surface area contributed by atoms with Crippen LogP contribution < -0.4 is 11.1 Å². The van der Waals surface area contributed by atoms with Crippen LogP contribution in [0.25, 0.3) is 0 Å². The van der Waals surface area contributed by atoms with Crippen LogP contribution in [-0.4, -0.2) is 83.2 Å². The lowest BCUT2D eigenvalue weighted by atomic mass is 9.75. The molecule has 0 radical (unpaired) electrons. The Labute approximate surface area is 235 Å². The normalized spacial score (nSPS) is 21.4. The van der Waals surface area contributed by atoms with E-state index in [0.29, 0.717) is 30.0 Å².